The average Bonchev–Trinajstić information content (AvgIpc) is 3.19. The van der Waals surface area contributed by atoms with Crippen molar-refractivity contribution in [2.75, 3.05) is 5.32 Å². The summed E-state index contributed by atoms with van der Waals surface area (Å²) in [4.78, 5) is 21.7. The standard InChI is InChI=1S/C23H12F3N3OS/c24-15-11-18-21(20(26)19(15)25)28-23(31-18)29-22(30)14-10-17(12-6-2-1-3-7-12)27-16-9-5-4-8-13(14)16/h1-11H,(H,28,29,30). The van der Waals surface area contributed by atoms with Crippen molar-refractivity contribution in [3.8, 4) is 11.3 Å². The Bertz CT molecular complexity index is 1470. The molecule has 0 bridgehead atoms. The zero-order valence-corrected chi connectivity index (χ0v) is 16.5. The fourth-order valence-electron chi connectivity index (χ4n) is 3.31. The van der Waals surface area contributed by atoms with E-state index < -0.39 is 23.4 Å². The number of hydrogen-bond acceptors (Lipinski definition) is 4. The van der Waals surface area contributed by atoms with Gasteiger partial charge in [0.25, 0.3) is 5.91 Å². The Balaban J connectivity index is 1.58. The minimum absolute atomic E-state index is 0.0334. The molecule has 5 rings (SSSR count). The molecule has 0 atom stereocenters. The van der Waals surface area contributed by atoms with Gasteiger partial charge in [-0.25, -0.2) is 23.1 Å². The predicted octanol–water partition coefficient (Wildman–Crippen LogP) is 6.18. The van der Waals surface area contributed by atoms with Gasteiger partial charge in [-0.15, -0.1) is 0 Å². The second kappa shape index (κ2) is 7.48. The predicted molar refractivity (Wildman–Crippen MR) is 115 cm³/mol. The largest absolute Gasteiger partial charge is 0.298 e. The number of aromatic nitrogens is 2. The van der Waals surface area contributed by atoms with Crippen molar-refractivity contribution in [1.82, 2.24) is 9.97 Å². The minimum Gasteiger partial charge on any atom is -0.298 e. The summed E-state index contributed by atoms with van der Waals surface area (Å²) < 4.78 is 41.1. The van der Waals surface area contributed by atoms with Crippen molar-refractivity contribution in [2.24, 2.45) is 0 Å². The number of rotatable bonds is 3. The highest BCUT2D eigenvalue weighted by Gasteiger charge is 2.20. The van der Waals surface area contributed by atoms with Gasteiger partial charge in [-0.05, 0) is 18.2 Å². The number of thiazole rings is 1. The fraction of sp³-hybridized carbons (Fsp3) is 0. The molecule has 0 saturated heterocycles. The Morgan fingerprint density at radius 2 is 1.61 bits per heavy atom. The number of benzene rings is 3. The van der Waals surface area contributed by atoms with E-state index in [-0.39, 0.29) is 15.3 Å². The van der Waals surface area contributed by atoms with E-state index in [4.69, 9.17) is 0 Å². The summed E-state index contributed by atoms with van der Waals surface area (Å²) in [5, 5.41) is 3.28. The molecule has 0 saturated carbocycles. The molecule has 0 fully saturated rings. The quantitative estimate of drug-likeness (QED) is 0.344. The van der Waals surface area contributed by atoms with Crippen LogP contribution in [-0.4, -0.2) is 15.9 Å². The first-order valence-electron chi connectivity index (χ1n) is 9.22. The molecule has 0 unspecified atom stereocenters. The Hall–Kier alpha value is -3.78. The molecular weight excluding hydrogens is 423 g/mol. The molecule has 152 valence electrons. The summed E-state index contributed by atoms with van der Waals surface area (Å²) in [6.07, 6.45) is 0. The number of anilines is 1. The normalized spacial score (nSPS) is 11.2. The number of para-hydroxylation sites is 1. The fourth-order valence-corrected chi connectivity index (χ4v) is 4.20. The van der Waals surface area contributed by atoms with Crippen molar-refractivity contribution in [3.63, 3.8) is 0 Å². The lowest BCUT2D eigenvalue weighted by Gasteiger charge is -2.09. The number of nitrogens with one attached hydrogen (secondary N) is 1. The third kappa shape index (κ3) is 3.40. The Morgan fingerprint density at radius 3 is 2.42 bits per heavy atom. The van der Waals surface area contributed by atoms with Crippen LogP contribution in [0.25, 0.3) is 32.4 Å². The van der Waals surface area contributed by atoms with Gasteiger partial charge in [0, 0.05) is 10.9 Å². The molecule has 0 spiro atoms. The number of amides is 1. The maximum Gasteiger partial charge on any atom is 0.258 e. The van der Waals surface area contributed by atoms with Crippen molar-refractivity contribution >= 4 is 43.5 Å². The molecular formula is C23H12F3N3OS. The van der Waals surface area contributed by atoms with E-state index >= 15 is 0 Å². The second-order valence-electron chi connectivity index (χ2n) is 6.74. The Morgan fingerprint density at radius 1 is 0.871 bits per heavy atom. The molecule has 0 aliphatic rings. The number of fused-ring (bicyclic) bond motifs is 2. The summed E-state index contributed by atoms with van der Waals surface area (Å²) in [6, 6.07) is 19.1. The second-order valence-corrected chi connectivity index (χ2v) is 7.78. The topological polar surface area (TPSA) is 54.9 Å². The molecule has 1 N–H and O–H groups in total. The van der Waals surface area contributed by atoms with Crippen LogP contribution in [0.15, 0.2) is 66.7 Å². The highest BCUT2D eigenvalue weighted by molar-refractivity contribution is 7.22. The van der Waals surface area contributed by atoms with Gasteiger partial charge in [0.2, 0.25) is 0 Å². The molecule has 2 heterocycles. The van der Waals surface area contributed by atoms with Crippen LogP contribution in [0, 0.1) is 17.5 Å². The minimum atomic E-state index is -1.59. The number of carbonyl (C=O) groups is 1. The first-order valence-corrected chi connectivity index (χ1v) is 10.0. The van der Waals surface area contributed by atoms with E-state index in [1.54, 1.807) is 24.3 Å². The number of pyridine rings is 1. The van der Waals surface area contributed by atoms with E-state index in [2.05, 4.69) is 15.3 Å². The average molecular weight is 435 g/mol. The summed E-state index contributed by atoms with van der Waals surface area (Å²) in [7, 11) is 0. The zero-order chi connectivity index (χ0) is 21.5. The van der Waals surface area contributed by atoms with Crippen LogP contribution < -0.4 is 5.32 Å². The number of nitrogens with zero attached hydrogens (tertiary/aromatic N) is 2. The van der Waals surface area contributed by atoms with Crippen LogP contribution >= 0.6 is 11.3 Å². The van der Waals surface area contributed by atoms with E-state index in [0.717, 1.165) is 23.0 Å². The van der Waals surface area contributed by atoms with Crippen molar-refractivity contribution < 1.29 is 18.0 Å². The monoisotopic (exact) mass is 435 g/mol. The molecule has 31 heavy (non-hydrogen) atoms. The molecule has 0 aliphatic heterocycles. The first-order chi connectivity index (χ1) is 15.0. The lowest BCUT2D eigenvalue weighted by atomic mass is 10.0. The smallest absolute Gasteiger partial charge is 0.258 e. The Kier molecular flexibility index (Phi) is 4.63. The third-order valence-corrected chi connectivity index (χ3v) is 5.69. The number of halogens is 3. The molecule has 0 radical (unpaired) electrons. The van der Waals surface area contributed by atoms with E-state index in [1.807, 2.05) is 36.4 Å². The van der Waals surface area contributed by atoms with Crippen molar-refractivity contribution in [3.05, 3.63) is 89.7 Å². The van der Waals surface area contributed by atoms with Crippen molar-refractivity contribution in [1.29, 1.82) is 0 Å². The molecule has 2 aromatic heterocycles. The van der Waals surface area contributed by atoms with Gasteiger partial charge in [0.1, 0.15) is 5.52 Å². The molecule has 4 nitrogen and oxygen atoms in total. The van der Waals surface area contributed by atoms with Gasteiger partial charge in [-0.1, -0.05) is 59.9 Å². The summed E-state index contributed by atoms with van der Waals surface area (Å²) in [6.45, 7) is 0. The lowest BCUT2D eigenvalue weighted by Crippen LogP contribution is -2.13. The third-order valence-electron chi connectivity index (χ3n) is 4.77. The lowest BCUT2D eigenvalue weighted by molar-refractivity contribution is 0.102. The van der Waals surface area contributed by atoms with E-state index in [1.165, 1.54) is 0 Å². The maximum absolute atomic E-state index is 14.0. The van der Waals surface area contributed by atoms with Gasteiger partial charge in [0.05, 0.1) is 21.5 Å². The van der Waals surface area contributed by atoms with Gasteiger partial charge in [-0.3, -0.25) is 10.1 Å². The van der Waals surface area contributed by atoms with Crippen molar-refractivity contribution in [2.45, 2.75) is 0 Å². The van der Waals surface area contributed by atoms with Crippen LogP contribution in [0.4, 0.5) is 18.3 Å². The first kappa shape index (κ1) is 19.2. The van der Waals surface area contributed by atoms with Gasteiger partial charge in [0.15, 0.2) is 22.6 Å². The van der Waals surface area contributed by atoms with Gasteiger partial charge < -0.3 is 0 Å². The summed E-state index contributed by atoms with van der Waals surface area (Å²) >= 11 is 0.858. The van der Waals surface area contributed by atoms with Crippen LogP contribution in [0.3, 0.4) is 0 Å². The van der Waals surface area contributed by atoms with Crippen LogP contribution in [0.1, 0.15) is 10.4 Å². The summed E-state index contributed by atoms with van der Waals surface area (Å²) in [5.41, 5.74) is 2.11. The molecule has 0 aliphatic carbocycles. The number of hydrogen-bond donors (Lipinski definition) is 1. The SMILES string of the molecule is O=C(Nc1nc2c(F)c(F)c(F)cc2s1)c1cc(-c2ccccc2)nc2ccccc12. The van der Waals surface area contributed by atoms with E-state index in [0.29, 0.717) is 22.2 Å². The van der Waals surface area contributed by atoms with Gasteiger partial charge >= 0.3 is 0 Å². The molecule has 1 amide bonds. The van der Waals surface area contributed by atoms with Crippen LogP contribution in [-0.2, 0) is 0 Å². The highest BCUT2D eigenvalue weighted by atomic mass is 32.1. The van der Waals surface area contributed by atoms with Crippen LogP contribution in [0.2, 0.25) is 0 Å². The van der Waals surface area contributed by atoms with E-state index in [9.17, 15) is 18.0 Å². The molecule has 8 heteroatoms. The van der Waals surface area contributed by atoms with Gasteiger partial charge in [-0.2, -0.15) is 0 Å². The molecule has 3 aromatic carbocycles. The van der Waals surface area contributed by atoms with Crippen LogP contribution in [0.5, 0.6) is 0 Å². The Labute approximate surface area is 178 Å². The zero-order valence-electron chi connectivity index (χ0n) is 15.7. The maximum atomic E-state index is 14.0. The summed E-state index contributed by atoms with van der Waals surface area (Å²) in [5.74, 6) is -4.77. The number of carbonyl (C=O) groups excluding carboxylic acids is 1. The molecule has 5 aromatic rings. The highest BCUT2D eigenvalue weighted by Crippen LogP contribution is 2.31.